The zero-order valence-corrected chi connectivity index (χ0v) is 18.4. The largest absolute Gasteiger partial charge is 0.383 e. The van der Waals surface area contributed by atoms with Crippen LogP contribution in [0.15, 0.2) is 42.6 Å². The van der Waals surface area contributed by atoms with Crippen molar-refractivity contribution in [1.29, 1.82) is 0 Å². The third-order valence-electron chi connectivity index (χ3n) is 5.45. The number of aromatic nitrogens is 3. The van der Waals surface area contributed by atoms with Crippen LogP contribution in [0.5, 0.6) is 0 Å². The third-order valence-corrected chi connectivity index (χ3v) is 7.50. The fourth-order valence-corrected chi connectivity index (χ4v) is 5.80. The van der Waals surface area contributed by atoms with E-state index in [2.05, 4.69) is 9.55 Å². The Hall–Kier alpha value is -2.00. The molecule has 0 aliphatic carbocycles. The van der Waals surface area contributed by atoms with E-state index in [1.165, 1.54) is 0 Å². The molecule has 0 amide bonds. The number of halogens is 1. The summed E-state index contributed by atoms with van der Waals surface area (Å²) in [5, 5.41) is 0.547. The van der Waals surface area contributed by atoms with Gasteiger partial charge in [-0.2, -0.15) is 0 Å². The van der Waals surface area contributed by atoms with E-state index in [1.54, 1.807) is 41.9 Å². The van der Waals surface area contributed by atoms with Gasteiger partial charge in [-0.1, -0.05) is 23.7 Å². The van der Waals surface area contributed by atoms with Crippen molar-refractivity contribution >= 4 is 32.8 Å². The molecule has 3 heterocycles. The first kappa shape index (κ1) is 21.2. The molecule has 1 aliphatic rings. The summed E-state index contributed by atoms with van der Waals surface area (Å²) in [7, 11) is -1.72. The number of nitrogens with zero attached hydrogens (tertiary/aromatic N) is 4. The van der Waals surface area contributed by atoms with Crippen LogP contribution in [-0.2, 0) is 33.5 Å². The van der Waals surface area contributed by atoms with E-state index in [4.69, 9.17) is 21.3 Å². The van der Waals surface area contributed by atoms with Crippen LogP contribution in [0.25, 0.3) is 11.2 Å². The Morgan fingerprint density at radius 3 is 2.93 bits per heavy atom. The second-order valence-electron chi connectivity index (χ2n) is 7.62. The van der Waals surface area contributed by atoms with Gasteiger partial charge in [0.2, 0.25) is 10.0 Å². The maximum atomic E-state index is 12.9. The van der Waals surface area contributed by atoms with E-state index >= 15 is 0 Å². The van der Waals surface area contributed by atoms with Gasteiger partial charge < -0.3 is 9.30 Å². The van der Waals surface area contributed by atoms with E-state index in [9.17, 15) is 8.42 Å². The number of benzene rings is 1. The summed E-state index contributed by atoms with van der Waals surface area (Å²) in [6.07, 6.45) is 3.29. The van der Waals surface area contributed by atoms with Gasteiger partial charge in [-0.05, 0) is 42.2 Å². The second kappa shape index (κ2) is 9.01. The molecule has 30 heavy (non-hydrogen) atoms. The predicted octanol–water partition coefficient (Wildman–Crippen LogP) is 3.13. The van der Waals surface area contributed by atoms with Gasteiger partial charge in [-0.15, -0.1) is 0 Å². The second-order valence-corrected chi connectivity index (χ2v) is 10.0. The van der Waals surface area contributed by atoms with Crippen LogP contribution < -0.4 is 0 Å². The van der Waals surface area contributed by atoms with Crippen LogP contribution in [0.3, 0.4) is 0 Å². The Balaban J connectivity index is 1.47. The van der Waals surface area contributed by atoms with Crippen LogP contribution >= 0.6 is 11.6 Å². The maximum absolute atomic E-state index is 12.9. The third kappa shape index (κ3) is 4.67. The van der Waals surface area contributed by atoms with Crippen molar-refractivity contribution in [2.75, 3.05) is 26.8 Å². The number of methoxy groups -OCH3 is 1. The molecule has 0 spiro atoms. The van der Waals surface area contributed by atoms with Crippen LogP contribution in [-0.4, -0.2) is 54.1 Å². The number of imidazole rings is 1. The topological polar surface area (TPSA) is 77.3 Å². The highest BCUT2D eigenvalue weighted by atomic mass is 35.5. The minimum atomic E-state index is -3.39. The molecule has 9 heteroatoms. The minimum Gasteiger partial charge on any atom is -0.383 e. The van der Waals surface area contributed by atoms with Gasteiger partial charge in [-0.25, -0.2) is 22.7 Å². The number of rotatable bonds is 8. The summed E-state index contributed by atoms with van der Waals surface area (Å²) in [6, 6.07) is 10.8. The summed E-state index contributed by atoms with van der Waals surface area (Å²) < 4.78 is 34.7. The van der Waals surface area contributed by atoms with Gasteiger partial charge in [-0.3, -0.25) is 0 Å². The first-order valence-electron chi connectivity index (χ1n) is 9.97. The molecule has 7 nitrogen and oxygen atoms in total. The Kier molecular flexibility index (Phi) is 6.38. The molecule has 1 saturated heterocycles. The number of hydrogen-bond acceptors (Lipinski definition) is 5. The van der Waals surface area contributed by atoms with Crippen molar-refractivity contribution in [3.8, 4) is 0 Å². The standard InChI is InChI=1S/C21H25ClN4O3S/c1-29-11-10-26-20(24-19-6-3-8-23-21(19)26)13-16-7-9-25(14-16)30(27,28)15-17-4-2-5-18(22)12-17/h2-6,8,12,16H,7,9-11,13-15H2,1H3. The lowest BCUT2D eigenvalue weighted by atomic mass is 10.0. The molecule has 1 atom stereocenters. The fraction of sp³-hybridized carbons (Fsp3) is 0.429. The summed E-state index contributed by atoms with van der Waals surface area (Å²) in [5.74, 6) is 1.12. The lowest BCUT2D eigenvalue weighted by molar-refractivity contribution is 0.187. The quantitative estimate of drug-likeness (QED) is 0.529. The van der Waals surface area contributed by atoms with E-state index in [0.717, 1.165) is 23.4 Å². The normalized spacial score (nSPS) is 17.7. The van der Waals surface area contributed by atoms with Crippen LogP contribution in [0.1, 0.15) is 17.8 Å². The van der Waals surface area contributed by atoms with Crippen molar-refractivity contribution in [2.24, 2.45) is 5.92 Å². The highest BCUT2D eigenvalue weighted by Crippen LogP contribution is 2.26. The number of pyridine rings is 1. The summed E-state index contributed by atoms with van der Waals surface area (Å²) in [5.41, 5.74) is 2.40. The Morgan fingerprint density at radius 2 is 2.13 bits per heavy atom. The first-order chi connectivity index (χ1) is 14.5. The van der Waals surface area contributed by atoms with Crippen molar-refractivity contribution in [3.05, 3.63) is 59.0 Å². The van der Waals surface area contributed by atoms with Crippen LogP contribution in [0.4, 0.5) is 0 Å². The van der Waals surface area contributed by atoms with E-state index in [-0.39, 0.29) is 11.7 Å². The van der Waals surface area contributed by atoms with Gasteiger partial charge in [0.25, 0.3) is 0 Å². The molecule has 0 radical (unpaired) electrons. The van der Waals surface area contributed by atoms with Crippen molar-refractivity contribution in [3.63, 3.8) is 0 Å². The van der Waals surface area contributed by atoms with Crippen molar-refractivity contribution < 1.29 is 13.2 Å². The zero-order chi connectivity index (χ0) is 21.1. The molecule has 0 saturated carbocycles. The fourth-order valence-electron chi connectivity index (χ4n) is 3.98. The Bertz CT molecular complexity index is 1130. The molecule has 4 rings (SSSR count). The van der Waals surface area contributed by atoms with Crippen LogP contribution in [0, 0.1) is 5.92 Å². The van der Waals surface area contributed by atoms with Gasteiger partial charge >= 0.3 is 0 Å². The summed E-state index contributed by atoms with van der Waals surface area (Å²) >= 11 is 6.00. The van der Waals surface area contributed by atoms with Gasteiger partial charge in [0.15, 0.2) is 5.65 Å². The smallest absolute Gasteiger partial charge is 0.218 e. The molecule has 0 bridgehead atoms. The van der Waals surface area contributed by atoms with E-state index in [0.29, 0.717) is 43.2 Å². The summed E-state index contributed by atoms with van der Waals surface area (Å²) in [4.78, 5) is 9.22. The minimum absolute atomic E-state index is 0.0312. The van der Waals surface area contributed by atoms with E-state index < -0.39 is 10.0 Å². The lowest BCUT2D eigenvalue weighted by Gasteiger charge is -2.17. The molecule has 2 aromatic heterocycles. The number of ether oxygens (including phenoxy) is 1. The molecule has 0 N–H and O–H groups in total. The predicted molar refractivity (Wildman–Crippen MR) is 117 cm³/mol. The Labute approximate surface area is 181 Å². The van der Waals surface area contributed by atoms with Crippen LogP contribution in [0.2, 0.25) is 5.02 Å². The van der Waals surface area contributed by atoms with E-state index in [1.807, 2.05) is 12.1 Å². The average molecular weight is 449 g/mol. The molecule has 1 unspecified atom stereocenters. The van der Waals surface area contributed by atoms with Crippen molar-refractivity contribution in [1.82, 2.24) is 18.8 Å². The molecule has 1 aromatic carbocycles. The number of sulfonamides is 1. The highest BCUT2D eigenvalue weighted by Gasteiger charge is 2.32. The molecular weight excluding hydrogens is 424 g/mol. The number of hydrogen-bond donors (Lipinski definition) is 0. The summed E-state index contributed by atoms with van der Waals surface area (Å²) in [6.45, 7) is 2.27. The van der Waals surface area contributed by atoms with Gasteiger partial charge in [0.1, 0.15) is 11.3 Å². The number of fused-ring (bicyclic) bond motifs is 1. The zero-order valence-electron chi connectivity index (χ0n) is 16.9. The molecule has 3 aromatic rings. The first-order valence-corrected chi connectivity index (χ1v) is 12.0. The van der Waals surface area contributed by atoms with Gasteiger partial charge in [0.05, 0.1) is 12.4 Å². The molecule has 1 aliphatic heterocycles. The maximum Gasteiger partial charge on any atom is 0.218 e. The van der Waals surface area contributed by atoms with Crippen molar-refractivity contribution in [2.45, 2.75) is 25.1 Å². The Morgan fingerprint density at radius 1 is 1.27 bits per heavy atom. The monoisotopic (exact) mass is 448 g/mol. The lowest BCUT2D eigenvalue weighted by Crippen LogP contribution is -2.30. The molecule has 1 fully saturated rings. The highest BCUT2D eigenvalue weighted by molar-refractivity contribution is 7.88. The average Bonchev–Trinajstić information content (AvgIpc) is 3.31. The SMILES string of the molecule is COCCn1c(CC2CCN(S(=O)(=O)Cc3cccc(Cl)c3)C2)nc2cccnc21. The molecular formula is C21H25ClN4O3S. The molecule has 160 valence electrons. The van der Waals surface area contributed by atoms with Gasteiger partial charge in [0, 0.05) is 44.4 Å².